The number of hydrogen-bond donors (Lipinski definition) is 5. The lowest BCUT2D eigenvalue weighted by Gasteiger charge is -2.40. The summed E-state index contributed by atoms with van der Waals surface area (Å²) < 4.78 is 0. The molecular weight excluding hydrogens is 240 g/mol. The number of nitrogens with two attached hydrogens (primary N) is 2. The molecule has 0 atom stereocenters. The molecule has 0 saturated carbocycles. The summed E-state index contributed by atoms with van der Waals surface area (Å²) >= 11 is 0. The highest BCUT2D eigenvalue weighted by Gasteiger charge is 2.42. The van der Waals surface area contributed by atoms with Gasteiger partial charge in [-0.05, 0) is 23.8 Å². The van der Waals surface area contributed by atoms with E-state index in [2.05, 4.69) is 10.6 Å². The number of hydrogen-bond acceptors (Lipinski definition) is 5. The molecule has 5 nitrogen and oxygen atoms in total. The first-order chi connectivity index (χ1) is 9.10. The minimum atomic E-state index is 0.0644. The van der Waals surface area contributed by atoms with Gasteiger partial charge in [-0.2, -0.15) is 0 Å². The van der Waals surface area contributed by atoms with E-state index in [1.165, 1.54) is 0 Å². The largest absolute Gasteiger partial charge is 0.507 e. The fourth-order valence-electron chi connectivity index (χ4n) is 2.62. The van der Waals surface area contributed by atoms with Crippen LogP contribution in [0.25, 0.3) is 5.70 Å². The Morgan fingerprint density at radius 2 is 2.05 bits per heavy atom. The van der Waals surface area contributed by atoms with Gasteiger partial charge in [0.1, 0.15) is 5.75 Å². The van der Waals surface area contributed by atoms with Gasteiger partial charge in [-0.3, -0.25) is 0 Å². The molecule has 2 aliphatic heterocycles. The molecule has 2 heterocycles. The van der Waals surface area contributed by atoms with Crippen LogP contribution in [0.15, 0.2) is 41.7 Å². The van der Waals surface area contributed by atoms with Gasteiger partial charge in [0, 0.05) is 30.8 Å². The van der Waals surface area contributed by atoms with Gasteiger partial charge in [-0.15, -0.1) is 0 Å². The van der Waals surface area contributed by atoms with E-state index in [4.69, 9.17) is 11.5 Å². The van der Waals surface area contributed by atoms with Gasteiger partial charge in [0.25, 0.3) is 0 Å². The number of nitrogens with one attached hydrogen (secondary N) is 2. The SMILES string of the molecule is NC1=C(/C=C(\N)c2ccccc2O)CC2(CNC2)N1. The van der Waals surface area contributed by atoms with E-state index in [0.29, 0.717) is 17.1 Å². The van der Waals surface area contributed by atoms with Crippen molar-refractivity contribution < 1.29 is 5.11 Å². The molecule has 3 rings (SSSR count). The molecule has 100 valence electrons. The van der Waals surface area contributed by atoms with Crippen molar-refractivity contribution >= 4 is 5.70 Å². The first kappa shape index (κ1) is 11.9. The lowest BCUT2D eigenvalue weighted by atomic mass is 9.88. The third kappa shape index (κ3) is 2.02. The second-order valence-corrected chi connectivity index (χ2v) is 5.24. The molecule has 0 unspecified atom stereocenters. The molecule has 0 amide bonds. The van der Waals surface area contributed by atoms with Crippen molar-refractivity contribution in [1.82, 2.24) is 10.6 Å². The molecule has 1 spiro atoms. The Balaban J connectivity index is 1.86. The molecule has 2 aliphatic rings. The van der Waals surface area contributed by atoms with Crippen LogP contribution in [0.2, 0.25) is 0 Å². The summed E-state index contributed by atoms with van der Waals surface area (Å²) in [7, 11) is 0. The number of benzene rings is 1. The van der Waals surface area contributed by atoms with Gasteiger partial charge < -0.3 is 27.2 Å². The maximum atomic E-state index is 9.79. The zero-order valence-corrected chi connectivity index (χ0v) is 10.6. The average molecular weight is 258 g/mol. The minimum absolute atomic E-state index is 0.0644. The van der Waals surface area contributed by atoms with Crippen LogP contribution < -0.4 is 22.1 Å². The molecule has 0 bridgehead atoms. The van der Waals surface area contributed by atoms with Crippen LogP contribution in [0.1, 0.15) is 12.0 Å². The zero-order chi connectivity index (χ0) is 13.5. The quantitative estimate of drug-likeness (QED) is 0.522. The van der Waals surface area contributed by atoms with Crippen molar-refractivity contribution in [2.24, 2.45) is 11.5 Å². The lowest BCUT2D eigenvalue weighted by Crippen LogP contribution is -2.65. The summed E-state index contributed by atoms with van der Waals surface area (Å²) in [5.41, 5.74) is 14.3. The molecular formula is C14H18N4O. The predicted molar refractivity (Wildman–Crippen MR) is 74.8 cm³/mol. The summed E-state index contributed by atoms with van der Waals surface area (Å²) in [5.74, 6) is 0.862. The Bertz CT molecular complexity index is 573. The number of rotatable bonds is 2. The molecule has 19 heavy (non-hydrogen) atoms. The van der Waals surface area contributed by atoms with Gasteiger partial charge in [-0.1, -0.05) is 12.1 Å². The lowest BCUT2D eigenvalue weighted by molar-refractivity contribution is 0.250. The Morgan fingerprint density at radius 3 is 2.63 bits per heavy atom. The molecule has 0 aliphatic carbocycles. The standard InChI is InChI=1S/C14H18N4O/c15-11(10-3-1-2-4-12(10)19)5-9-6-14(7-17-8-14)18-13(9)16/h1-5,17-19H,6-8,15-16H2/b11-5-. The van der Waals surface area contributed by atoms with Crippen LogP contribution in [0.5, 0.6) is 5.75 Å². The first-order valence-corrected chi connectivity index (χ1v) is 6.33. The molecule has 0 aromatic heterocycles. The summed E-state index contributed by atoms with van der Waals surface area (Å²) in [6.45, 7) is 1.84. The van der Waals surface area contributed by atoms with Gasteiger partial charge in [0.05, 0.1) is 11.4 Å². The van der Waals surface area contributed by atoms with Crippen LogP contribution >= 0.6 is 0 Å². The van der Waals surface area contributed by atoms with E-state index >= 15 is 0 Å². The van der Waals surface area contributed by atoms with Crippen molar-refractivity contribution in [2.75, 3.05) is 13.1 Å². The van der Waals surface area contributed by atoms with Crippen LogP contribution in [-0.4, -0.2) is 23.7 Å². The fraction of sp³-hybridized carbons (Fsp3) is 0.286. The third-order valence-electron chi connectivity index (χ3n) is 3.75. The summed E-state index contributed by atoms with van der Waals surface area (Å²) in [6.07, 6.45) is 2.71. The van der Waals surface area contributed by atoms with Crippen LogP contribution in [0.3, 0.4) is 0 Å². The Labute approximate surface area is 112 Å². The highest BCUT2D eigenvalue weighted by Crippen LogP contribution is 2.31. The van der Waals surface area contributed by atoms with E-state index in [1.54, 1.807) is 18.2 Å². The maximum absolute atomic E-state index is 9.79. The molecule has 7 N–H and O–H groups in total. The normalized spacial score (nSPS) is 21.4. The van der Waals surface area contributed by atoms with Gasteiger partial charge in [0.15, 0.2) is 0 Å². The number of aromatic hydroxyl groups is 1. The molecule has 1 aromatic rings. The number of allylic oxidation sites excluding steroid dienone is 1. The Kier molecular flexibility index (Phi) is 2.64. The maximum Gasteiger partial charge on any atom is 0.124 e. The second kappa shape index (κ2) is 4.20. The summed E-state index contributed by atoms with van der Waals surface area (Å²) in [4.78, 5) is 0. The van der Waals surface area contributed by atoms with Gasteiger partial charge in [0.2, 0.25) is 0 Å². The zero-order valence-electron chi connectivity index (χ0n) is 10.6. The summed E-state index contributed by atoms with van der Waals surface area (Å²) in [5, 5.41) is 16.3. The third-order valence-corrected chi connectivity index (χ3v) is 3.75. The van der Waals surface area contributed by atoms with E-state index in [0.717, 1.165) is 25.1 Å². The molecule has 5 heteroatoms. The van der Waals surface area contributed by atoms with Crippen LogP contribution in [0, 0.1) is 0 Å². The van der Waals surface area contributed by atoms with E-state index < -0.39 is 0 Å². The fourth-order valence-corrected chi connectivity index (χ4v) is 2.62. The Hall–Kier alpha value is -2.14. The van der Waals surface area contributed by atoms with Crippen molar-refractivity contribution in [2.45, 2.75) is 12.0 Å². The number of phenolic OH excluding ortho intramolecular Hbond substituents is 1. The van der Waals surface area contributed by atoms with E-state index in [9.17, 15) is 5.11 Å². The van der Waals surface area contributed by atoms with E-state index in [-0.39, 0.29) is 11.3 Å². The monoisotopic (exact) mass is 258 g/mol. The second-order valence-electron chi connectivity index (χ2n) is 5.24. The number of para-hydroxylation sites is 1. The van der Waals surface area contributed by atoms with Crippen LogP contribution in [-0.2, 0) is 0 Å². The summed E-state index contributed by atoms with van der Waals surface area (Å²) in [6, 6.07) is 7.03. The number of phenols is 1. The smallest absolute Gasteiger partial charge is 0.124 e. The molecule has 1 aromatic carbocycles. The predicted octanol–water partition coefficient (Wildman–Crippen LogP) is 0.197. The van der Waals surface area contributed by atoms with Crippen LogP contribution in [0.4, 0.5) is 0 Å². The average Bonchev–Trinajstić information content (AvgIpc) is 2.67. The highest BCUT2D eigenvalue weighted by atomic mass is 16.3. The Morgan fingerprint density at radius 1 is 1.32 bits per heavy atom. The highest BCUT2D eigenvalue weighted by molar-refractivity contribution is 5.70. The minimum Gasteiger partial charge on any atom is -0.507 e. The van der Waals surface area contributed by atoms with Gasteiger partial charge >= 0.3 is 0 Å². The van der Waals surface area contributed by atoms with Gasteiger partial charge in [-0.25, -0.2) is 0 Å². The van der Waals surface area contributed by atoms with E-state index in [1.807, 2.05) is 12.1 Å². The molecule has 0 radical (unpaired) electrons. The molecule has 1 saturated heterocycles. The molecule has 1 fully saturated rings. The van der Waals surface area contributed by atoms with Crippen molar-refractivity contribution in [3.63, 3.8) is 0 Å². The van der Waals surface area contributed by atoms with Crippen molar-refractivity contribution in [1.29, 1.82) is 0 Å². The first-order valence-electron chi connectivity index (χ1n) is 6.33. The topological polar surface area (TPSA) is 96.3 Å². The van der Waals surface area contributed by atoms with Crippen molar-refractivity contribution in [3.8, 4) is 5.75 Å². The van der Waals surface area contributed by atoms with Crippen molar-refractivity contribution in [3.05, 3.63) is 47.3 Å².